The summed E-state index contributed by atoms with van der Waals surface area (Å²) < 4.78 is 6.72. The van der Waals surface area contributed by atoms with Crippen molar-refractivity contribution in [1.82, 2.24) is 14.7 Å². The molecule has 0 spiro atoms. The summed E-state index contributed by atoms with van der Waals surface area (Å²) >= 11 is 0. The molecule has 0 aliphatic carbocycles. The fourth-order valence-corrected chi connectivity index (χ4v) is 2.36. The van der Waals surface area contributed by atoms with Crippen LogP contribution in [0.1, 0.15) is 26.7 Å². The van der Waals surface area contributed by atoms with Gasteiger partial charge in [0.1, 0.15) is 6.04 Å². The van der Waals surface area contributed by atoms with Crippen LogP contribution in [0.5, 0.6) is 0 Å². The van der Waals surface area contributed by atoms with Crippen molar-refractivity contribution in [3.63, 3.8) is 0 Å². The van der Waals surface area contributed by atoms with E-state index in [2.05, 4.69) is 10.4 Å². The topological polar surface area (TPSA) is 76.5 Å². The Morgan fingerprint density at radius 3 is 2.95 bits per heavy atom. The van der Waals surface area contributed by atoms with Crippen molar-refractivity contribution in [2.24, 2.45) is 0 Å². The summed E-state index contributed by atoms with van der Waals surface area (Å²) in [6.45, 7) is 5.07. The van der Waals surface area contributed by atoms with Crippen molar-refractivity contribution in [3.8, 4) is 0 Å². The molecule has 0 saturated carbocycles. The van der Waals surface area contributed by atoms with Crippen molar-refractivity contribution in [3.05, 3.63) is 12.4 Å². The van der Waals surface area contributed by atoms with Crippen LogP contribution in [0.4, 0.5) is 5.69 Å². The third-order valence-electron chi connectivity index (χ3n) is 3.71. The summed E-state index contributed by atoms with van der Waals surface area (Å²) in [7, 11) is 1.63. The van der Waals surface area contributed by atoms with Gasteiger partial charge in [0.05, 0.1) is 31.5 Å². The number of rotatable bonds is 7. The van der Waals surface area contributed by atoms with Crippen molar-refractivity contribution in [1.29, 1.82) is 0 Å². The van der Waals surface area contributed by atoms with Gasteiger partial charge in [-0.05, 0) is 13.3 Å². The van der Waals surface area contributed by atoms with Crippen LogP contribution in [-0.4, -0.2) is 52.3 Å². The SMILES string of the molecule is CCC(C)N1C(=O)CC(Nc2cnn(CCOC)c2)C1=O. The molecular weight excluding hydrogens is 272 g/mol. The standard InChI is InChI=1S/C14H22N4O3/c1-4-10(2)18-13(19)7-12(14(18)20)16-11-8-15-17(9-11)5-6-21-3/h8-10,12,16H,4-7H2,1-3H3. The van der Waals surface area contributed by atoms with Crippen molar-refractivity contribution >= 4 is 17.5 Å². The van der Waals surface area contributed by atoms with Gasteiger partial charge < -0.3 is 10.1 Å². The van der Waals surface area contributed by atoms with Gasteiger partial charge in [0.25, 0.3) is 5.91 Å². The molecule has 116 valence electrons. The average molecular weight is 294 g/mol. The highest BCUT2D eigenvalue weighted by Crippen LogP contribution is 2.21. The van der Waals surface area contributed by atoms with Crippen LogP contribution in [0, 0.1) is 0 Å². The molecule has 1 aliphatic heterocycles. The van der Waals surface area contributed by atoms with Gasteiger partial charge in [-0.1, -0.05) is 6.92 Å². The Balaban J connectivity index is 1.99. The van der Waals surface area contributed by atoms with Crippen molar-refractivity contribution in [2.45, 2.75) is 45.3 Å². The molecular formula is C14H22N4O3. The summed E-state index contributed by atoms with van der Waals surface area (Å²) in [6.07, 6.45) is 4.42. The van der Waals surface area contributed by atoms with Gasteiger partial charge in [0.2, 0.25) is 5.91 Å². The van der Waals surface area contributed by atoms with Crippen LogP contribution in [-0.2, 0) is 20.9 Å². The number of carbonyl (C=O) groups is 2. The highest BCUT2D eigenvalue weighted by Gasteiger charge is 2.40. The summed E-state index contributed by atoms with van der Waals surface area (Å²) in [6, 6.07) is -0.548. The maximum absolute atomic E-state index is 12.3. The highest BCUT2D eigenvalue weighted by atomic mass is 16.5. The zero-order valence-electron chi connectivity index (χ0n) is 12.7. The zero-order chi connectivity index (χ0) is 15.4. The number of hydrogen-bond acceptors (Lipinski definition) is 5. The first kappa shape index (κ1) is 15.5. The quantitative estimate of drug-likeness (QED) is 0.755. The lowest BCUT2D eigenvalue weighted by molar-refractivity contribution is -0.140. The molecule has 1 aliphatic rings. The molecule has 2 unspecified atom stereocenters. The molecule has 1 saturated heterocycles. The number of carbonyl (C=O) groups excluding carboxylic acids is 2. The number of nitrogens with zero attached hydrogens (tertiary/aromatic N) is 3. The molecule has 2 heterocycles. The first-order chi connectivity index (χ1) is 10.1. The Hall–Kier alpha value is -1.89. The molecule has 2 rings (SSSR count). The van der Waals surface area contributed by atoms with Crippen LogP contribution in [0.3, 0.4) is 0 Å². The van der Waals surface area contributed by atoms with Gasteiger partial charge in [-0.25, -0.2) is 0 Å². The first-order valence-electron chi connectivity index (χ1n) is 7.20. The van der Waals surface area contributed by atoms with E-state index in [0.717, 1.165) is 12.1 Å². The molecule has 1 aromatic rings. The number of ether oxygens (including phenoxy) is 1. The van der Waals surface area contributed by atoms with Gasteiger partial charge in [-0.3, -0.25) is 19.2 Å². The lowest BCUT2D eigenvalue weighted by Crippen LogP contribution is -2.40. The lowest BCUT2D eigenvalue weighted by atomic mass is 10.2. The Bertz CT molecular complexity index is 514. The molecule has 2 atom stereocenters. The van der Waals surface area contributed by atoms with E-state index in [-0.39, 0.29) is 24.3 Å². The van der Waals surface area contributed by atoms with E-state index >= 15 is 0 Å². The van der Waals surface area contributed by atoms with Gasteiger partial charge in [-0.15, -0.1) is 0 Å². The van der Waals surface area contributed by atoms with Gasteiger partial charge in [0, 0.05) is 19.3 Å². The number of likely N-dealkylation sites (tertiary alicyclic amines) is 1. The summed E-state index contributed by atoms with van der Waals surface area (Å²) in [4.78, 5) is 25.6. The molecule has 21 heavy (non-hydrogen) atoms. The highest BCUT2D eigenvalue weighted by molar-refractivity contribution is 6.07. The van der Waals surface area contributed by atoms with E-state index in [1.54, 1.807) is 18.0 Å². The summed E-state index contributed by atoms with van der Waals surface area (Å²) in [5.74, 6) is -0.266. The zero-order valence-corrected chi connectivity index (χ0v) is 12.7. The Kier molecular flexibility index (Phi) is 4.95. The van der Waals surface area contributed by atoms with Gasteiger partial charge in [-0.2, -0.15) is 5.10 Å². The largest absolute Gasteiger partial charge is 0.383 e. The minimum atomic E-state index is -0.494. The normalized spacial score (nSPS) is 20.1. The molecule has 1 fully saturated rings. The van der Waals surface area contributed by atoms with E-state index in [0.29, 0.717) is 13.2 Å². The number of methoxy groups -OCH3 is 1. The maximum atomic E-state index is 12.3. The Morgan fingerprint density at radius 2 is 2.29 bits per heavy atom. The average Bonchev–Trinajstić information content (AvgIpc) is 3.02. The van der Waals surface area contributed by atoms with Crippen molar-refractivity contribution < 1.29 is 14.3 Å². The predicted octanol–water partition coefficient (Wildman–Crippen LogP) is 0.867. The van der Waals surface area contributed by atoms with Gasteiger partial charge >= 0.3 is 0 Å². The van der Waals surface area contributed by atoms with Crippen LogP contribution in [0.15, 0.2) is 12.4 Å². The molecule has 0 aromatic carbocycles. The third-order valence-corrected chi connectivity index (χ3v) is 3.71. The molecule has 0 radical (unpaired) electrons. The van der Waals surface area contributed by atoms with Crippen LogP contribution < -0.4 is 5.32 Å². The maximum Gasteiger partial charge on any atom is 0.252 e. The molecule has 7 heteroatoms. The monoisotopic (exact) mass is 294 g/mol. The summed E-state index contributed by atoms with van der Waals surface area (Å²) in [5, 5.41) is 7.27. The van der Waals surface area contributed by atoms with E-state index in [1.165, 1.54) is 4.90 Å². The first-order valence-corrected chi connectivity index (χ1v) is 7.20. The molecule has 1 aromatic heterocycles. The second-order valence-electron chi connectivity index (χ2n) is 5.25. The van der Waals surface area contributed by atoms with Crippen LogP contribution in [0.2, 0.25) is 0 Å². The van der Waals surface area contributed by atoms with E-state index in [4.69, 9.17) is 4.74 Å². The van der Waals surface area contributed by atoms with E-state index < -0.39 is 6.04 Å². The molecule has 7 nitrogen and oxygen atoms in total. The summed E-state index contributed by atoms with van der Waals surface area (Å²) in [5.41, 5.74) is 0.739. The second-order valence-corrected chi connectivity index (χ2v) is 5.25. The molecule has 2 amide bonds. The second kappa shape index (κ2) is 6.71. The number of nitrogens with one attached hydrogen (secondary N) is 1. The number of imide groups is 1. The number of anilines is 1. The molecule has 0 bridgehead atoms. The fourth-order valence-electron chi connectivity index (χ4n) is 2.36. The molecule has 1 N–H and O–H groups in total. The Morgan fingerprint density at radius 1 is 1.52 bits per heavy atom. The van der Waals surface area contributed by atoms with Crippen LogP contribution >= 0.6 is 0 Å². The third kappa shape index (κ3) is 3.41. The van der Waals surface area contributed by atoms with Crippen LogP contribution in [0.25, 0.3) is 0 Å². The Labute approximate surface area is 124 Å². The number of aromatic nitrogens is 2. The minimum Gasteiger partial charge on any atom is -0.383 e. The van der Waals surface area contributed by atoms with E-state index in [1.807, 2.05) is 20.0 Å². The predicted molar refractivity (Wildman–Crippen MR) is 77.7 cm³/mol. The number of amides is 2. The van der Waals surface area contributed by atoms with E-state index in [9.17, 15) is 9.59 Å². The smallest absolute Gasteiger partial charge is 0.252 e. The number of hydrogen-bond donors (Lipinski definition) is 1. The van der Waals surface area contributed by atoms with Gasteiger partial charge in [0.15, 0.2) is 0 Å². The van der Waals surface area contributed by atoms with Crippen molar-refractivity contribution in [2.75, 3.05) is 19.0 Å². The lowest BCUT2D eigenvalue weighted by Gasteiger charge is -2.21. The minimum absolute atomic E-state index is 0.0544. The fraction of sp³-hybridized carbons (Fsp3) is 0.643.